The maximum Gasteiger partial charge on any atom is 0.267 e. The van der Waals surface area contributed by atoms with Crippen molar-refractivity contribution >= 4 is 5.91 Å². The van der Waals surface area contributed by atoms with Crippen molar-refractivity contribution in [1.29, 1.82) is 0 Å². The molecule has 0 aromatic carbocycles. The first-order chi connectivity index (χ1) is 6.24. The fraction of sp³-hybridized carbons (Fsp3) is 0.200. The normalized spacial score (nSPS) is 9.15. The molecule has 1 aromatic rings. The molecule has 0 radical (unpaired) electrons. The number of aromatic nitrogens is 1. The molecule has 0 saturated carbocycles. The lowest BCUT2D eigenvalue weighted by Crippen LogP contribution is -2.12. The molecule has 0 unspecified atom stereocenters. The van der Waals surface area contributed by atoms with E-state index in [1.807, 2.05) is 6.07 Å². The van der Waals surface area contributed by atoms with Gasteiger partial charge in [-0.15, -0.1) is 12.3 Å². The van der Waals surface area contributed by atoms with Crippen LogP contribution in [0.4, 0.5) is 0 Å². The van der Waals surface area contributed by atoms with Gasteiger partial charge in [0.15, 0.2) is 0 Å². The number of hydrogen-bond donors (Lipinski definition) is 1. The van der Waals surface area contributed by atoms with E-state index in [1.165, 1.54) is 0 Å². The van der Waals surface area contributed by atoms with Gasteiger partial charge in [0.2, 0.25) is 0 Å². The van der Waals surface area contributed by atoms with Crippen LogP contribution in [0.25, 0.3) is 0 Å². The van der Waals surface area contributed by atoms with Crippen molar-refractivity contribution in [3.8, 4) is 12.3 Å². The molecule has 0 aliphatic heterocycles. The van der Waals surface area contributed by atoms with Gasteiger partial charge in [-0.3, -0.25) is 9.78 Å². The fourth-order valence-electron chi connectivity index (χ4n) is 0.935. The zero-order valence-corrected chi connectivity index (χ0v) is 7.16. The summed E-state index contributed by atoms with van der Waals surface area (Å²) in [6.45, 7) is 0. The van der Waals surface area contributed by atoms with Crippen molar-refractivity contribution in [2.24, 2.45) is 5.73 Å². The first kappa shape index (κ1) is 9.27. The summed E-state index contributed by atoms with van der Waals surface area (Å²) in [6, 6.07) is 3.42. The molecular formula is C10H10N2O. The Bertz CT molecular complexity index is 335. The Morgan fingerprint density at radius 2 is 2.38 bits per heavy atom. The van der Waals surface area contributed by atoms with Gasteiger partial charge in [-0.1, -0.05) is 6.07 Å². The number of carbonyl (C=O) groups is 1. The average Bonchev–Trinajstić information content (AvgIpc) is 2.15. The number of hydrogen-bond acceptors (Lipinski definition) is 2. The van der Waals surface area contributed by atoms with Crippen LogP contribution in [-0.4, -0.2) is 10.9 Å². The van der Waals surface area contributed by atoms with E-state index >= 15 is 0 Å². The molecule has 0 spiro atoms. The van der Waals surface area contributed by atoms with E-state index in [4.69, 9.17) is 12.2 Å². The van der Waals surface area contributed by atoms with Gasteiger partial charge in [-0.25, -0.2) is 0 Å². The molecule has 0 aliphatic carbocycles. The highest BCUT2D eigenvalue weighted by molar-refractivity contribution is 5.90. The predicted octanol–water partition coefficient (Wildman–Crippen LogP) is 0.746. The zero-order valence-electron chi connectivity index (χ0n) is 7.16. The lowest BCUT2D eigenvalue weighted by molar-refractivity contribution is 0.0995. The van der Waals surface area contributed by atoms with Crippen LogP contribution in [0.2, 0.25) is 0 Å². The van der Waals surface area contributed by atoms with E-state index in [-0.39, 0.29) is 5.69 Å². The number of primary amides is 1. The molecule has 3 nitrogen and oxygen atoms in total. The molecule has 0 fully saturated rings. The first-order valence-electron chi connectivity index (χ1n) is 3.92. The van der Waals surface area contributed by atoms with E-state index in [0.717, 1.165) is 12.0 Å². The monoisotopic (exact) mass is 174 g/mol. The van der Waals surface area contributed by atoms with E-state index in [2.05, 4.69) is 10.9 Å². The summed E-state index contributed by atoms with van der Waals surface area (Å²) in [6.07, 6.45) is 8.19. The molecule has 0 saturated heterocycles. The van der Waals surface area contributed by atoms with E-state index in [0.29, 0.717) is 6.42 Å². The van der Waals surface area contributed by atoms with Gasteiger partial charge in [0.05, 0.1) is 0 Å². The van der Waals surface area contributed by atoms with Gasteiger partial charge < -0.3 is 5.73 Å². The van der Waals surface area contributed by atoms with Gasteiger partial charge in [0, 0.05) is 12.6 Å². The van der Waals surface area contributed by atoms with Crippen LogP contribution in [0.5, 0.6) is 0 Å². The van der Waals surface area contributed by atoms with Crippen molar-refractivity contribution in [1.82, 2.24) is 4.98 Å². The number of aryl methyl sites for hydroxylation is 1. The second-order valence-corrected chi connectivity index (χ2v) is 2.62. The quantitative estimate of drug-likeness (QED) is 0.687. The van der Waals surface area contributed by atoms with Crippen LogP contribution in [0.3, 0.4) is 0 Å². The molecular weight excluding hydrogens is 164 g/mol. The van der Waals surface area contributed by atoms with Gasteiger partial charge in [0.1, 0.15) is 5.69 Å². The van der Waals surface area contributed by atoms with E-state index in [1.54, 1.807) is 12.3 Å². The van der Waals surface area contributed by atoms with Crippen LogP contribution in [0.15, 0.2) is 18.3 Å². The SMILES string of the molecule is C#CCCc1ccc(C(N)=O)nc1. The molecule has 1 heterocycles. The maximum atomic E-state index is 10.7. The number of rotatable bonds is 3. The number of amides is 1. The summed E-state index contributed by atoms with van der Waals surface area (Å²) >= 11 is 0. The van der Waals surface area contributed by atoms with Crippen LogP contribution in [0, 0.1) is 12.3 Å². The number of pyridine rings is 1. The summed E-state index contributed by atoms with van der Waals surface area (Å²) in [4.78, 5) is 14.5. The largest absolute Gasteiger partial charge is 0.364 e. The third-order valence-electron chi connectivity index (χ3n) is 1.64. The van der Waals surface area contributed by atoms with Crippen molar-refractivity contribution in [2.75, 3.05) is 0 Å². The highest BCUT2D eigenvalue weighted by Crippen LogP contribution is 2.02. The van der Waals surface area contributed by atoms with Crippen LogP contribution < -0.4 is 5.73 Å². The zero-order chi connectivity index (χ0) is 9.68. The molecule has 1 rings (SSSR count). The Balaban J connectivity index is 2.71. The Hall–Kier alpha value is -1.82. The number of nitrogens with two attached hydrogens (primary N) is 1. The van der Waals surface area contributed by atoms with Crippen LogP contribution in [0.1, 0.15) is 22.5 Å². The molecule has 66 valence electrons. The smallest absolute Gasteiger partial charge is 0.267 e. The molecule has 3 heteroatoms. The molecule has 1 amide bonds. The van der Waals surface area contributed by atoms with Crippen LogP contribution >= 0.6 is 0 Å². The number of nitrogens with zero attached hydrogens (tertiary/aromatic N) is 1. The summed E-state index contributed by atoms with van der Waals surface area (Å²) in [7, 11) is 0. The third-order valence-corrected chi connectivity index (χ3v) is 1.64. The Labute approximate surface area is 77.0 Å². The van der Waals surface area contributed by atoms with Gasteiger partial charge in [-0.2, -0.15) is 0 Å². The topological polar surface area (TPSA) is 56.0 Å². The summed E-state index contributed by atoms with van der Waals surface area (Å²) in [5.74, 6) is 2.02. The molecule has 0 atom stereocenters. The summed E-state index contributed by atoms with van der Waals surface area (Å²) in [5.41, 5.74) is 6.33. The van der Waals surface area contributed by atoms with Crippen LogP contribution in [-0.2, 0) is 6.42 Å². The van der Waals surface area contributed by atoms with Gasteiger partial charge in [0.25, 0.3) is 5.91 Å². The molecule has 13 heavy (non-hydrogen) atoms. The van der Waals surface area contributed by atoms with Gasteiger partial charge in [-0.05, 0) is 18.1 Å². The molecule has 0 aliphatic rings. The van der Waals surface area contributed by atoms with Gasteiger partial charge >= 0.3 is 0 Å². The minimum atomic E-state index is -0.511. The molecule has 1 aromatic heterocycles. The molecule has 0 bridgehead atoms. The second kappa shape index (κ2) is 4.27. The average molecular weight is 174 g/mol. The predicted molar refractivity (Wildman–Crippen MR) is 49.9 cm³/mol. The fourth-order valence-corrected chi connectivity index (χ4v) is 0.935. The Morgan fingerprint density at radius 3 is 2.85 bits per heavy atom. The van der Waals surface area contributed by atoms with Crippen molar-refractivity contribution in [3.63, 3.8) is 0 Å². The standard InChI is InChI=1S/C10H10N2O/c1-2-3-4-8-5-6-9(10(11)13)12-7-8/h1,5-7H,3-4H2,(H2,11,13). The Kier molecular flexibility index (Phi) is 3.04. The maximum absolute atomic E-state index is 10.7. The molecule has 2 N–H and O–H groups in total. The lowest BCUT2D eigenvalue weighted by Gasteiger charge is -1.97. The minimum absolute atomic E-state index is 0.282. The summed E-state index contributed by atoms with van der Waals surface area (Å²) < 4.78 is 0. The minimum Gasteiger partial charge on any atom is -0.364 e. The first-order valence-corrected chi connectivity index (χ1v) is 3.92. The number of terminal acetylenes is 1. The third kappa shape index (κ3) is 2.60. The van der Waals surface area contributed by atoms with Crippen molar-refractivity contribution in [3.05, 3.63) is 29.6 Å². The highest BCUT2D eigenvalue weighted by Gasteiger charge is 2.00. The highest BCUT2D eigenvalue weighted by atomic mass is 16.1. The van der Waals surface area contributed by atoms with Crippen molar-refractivity contribution < 1.29 is 4.79 Å². The van der Waals surface area contributed by atoms with Crippen molar-refractivity contribution in [2.45, 2.75) is 12.8 Å². The second-order valence-electron chi connectivity index (χ2n) is 2.62. The summed E-state index contributed by atoms with van der Waals surface area (Å²) in [5, 5.41) is 0. The van der Waals surface area contributed by atoms with E-state index < -0.39 is 5.91 Å². The Morgan fingerprint density at radius 1 is 1.62 bits per heavy atom. The van der Waals surface area contributed by atoms with E-state index in [9.17, 15) is 4.79 Å². The number of carbonyl (C=O) groups excluding carboxylic acids is 1. The lowest BCUT2D eigenvalue weighted by atomic mass is 10.1.